The van der Waals surface area contributed by atoms with Crippen LogP contribution in [0.1, 0.15) is 16.7 Å². The van der Waals surface area contributed by atoms with Gasteiger partial charge in [0.2, 0.25) is 0 Å². The number of halogens is 3. The molecule has 0 N–H and O–H groups in total. The van der Waals surface area contributed by atoms with Crippen molar-refractivity contribution < 1.29 is 13.2 Å². The first kappa shape index (κ1) is 13.4. The van der Waals surface area contributed by atoms with Crippen molar-refractivity contribution in [3.63, 3.8) is 0 Å². The lowest BCUT2D eigenvalue weighted by atomic mass is 10.1. The SMILES string of the molecule is Cc1ccn(Cc2ccc(C(F)(F)F)cc2)c(=O)c1. The Morgan fingerprint density at radius 2 is 1.74 bits per heavy atom. The summed E-state index contributed by atoms with van der Waals surface area (Å²) in [4.78, 5) is 11.7. The highest BCUT2D eigenvalue weighted by Gasteiger charge is 2.29. The van der Waals surface area contributed by atoms with Gasteiger partial charge in [0.25, 0.3) is 5.56 Å². The first-order chi connectivity index (χ1) is 8.86. The van der Waals surface area contributed by atoms with Crippen molar-refractivity contribution in [1.29, 1.82) is 0 Å². The fraction of sp³-hybridized carbons (Fsp3) is 0.214. The van der Waals surface area contributed by atoms with E-state index in [1.165, 1.54) is 22.8 Å². The maximum Gasteiger partial charge on any atom is 0.416 e. The van der Waals surface area contributed by atoms with E-state index >= 15 is 0 Å². The summed E-state index contributed by atoms with van der Waals surface area (Å²) in [5, 5.41) is 0. The Morgan fingerprint density at radius 3 is 2.26 bits per heavy atom. The van der Waals surface area contributed by atoms with Gasteiger partial charge in [0.15, 0.2) is 0 Å². The monoisotopic (exact) mass is 267 g/mol. The smallest absolute Gasteiger partial charge is 0.311 e. The van der Waals surface area contributed by atoms with E-state index in [1.807, 2.05) is 6.92 Å². The van der Waals surface area contributed by atoms with E-state index in [0.717, 1.165) is 17.7 Å². The van der Waals surface area contributed by atoms with Crippen molar-refractivity contribution >= 4 is 0 Å². The molecule has 1 aromatic heterocycles. The summed E-state index contributed by atoms with van der Waals surface area (Å²) in [5.74, 6) is 0. The van der Waals surface area contributed by atoms with Crippen LogP contribution in [0, 0.1) is 6.92 Å². The van der Waals surface area contributed by atoms with Gasteiger partial charge >= 0.3 is 6.18 Å². The van der Waals surface area contributed by atoms with Gasteiger partial charge in [-0.2, -0.15) is 13.2 Å². The van der Waals surface area contributed by atoms with E-state index < -0.39 is 11.7 Å². The topological polar surface area (TPSA) is 22.0 Å². The Kier molecular flexibility index (Phi) is 3.46. The lowest BCUT2D eigenvalue weighted by Gasteiger charge is -2.09. The first-order valence-corrected chi connectivity index (χ1v) is 5.69. The number of hydrogen-bond donors (Lipinski definition) is 0. The van der Waals surface area contributed by atoms with Crippen molar-refractivity contribution in [1.82, 2.24) is 4.57 Å². The number of hydrogen-bond acceptors (Lipinski definition) is 1. The number of alkyl halides is 3. The first-order valence-electron chi connectivity index (χ1n) is 5.69. The van der Waals surface area contributed by atoms with Crippen molar-refractivity contribution in [2.24, 2.45) is 0 Å². The number of rotatable bonds is 2. The van der Waals surface area contributed by atoms with Crippen LogP contribution in [-0.4, -0.2) is 4.57 Å². The maximum atomic E-state index is 12.4. The maximum absolute atomic E-state index is 12.4. The average molecular weight is 267 g/mol. The minimum absolute atomic E-state index is 0.167. The van der Waals surface area contributed by atoms with E-state index in [9.17, 15) is 18.0 Å². The van der Waals surface area contributed by atoms with Crippen molar-refractivity contribution in [2.75, 3.05) is 0 Å². The van der Waals surface area contributed by atoms with Crippen LogP contribution in [0.25, 0.3) is 0 Å². The third kappa shape index (κ3) is 3.24. The normalized spacial score (nSPS) is 11.6. The van der Waals surface area contributed by atoms with E-state index in [2.05, 4.69) is 0 Å². The highest BCUT2D eigenvalue weighted by Crippen LogP contribution is 2.29. The Balaban J connectivity index is 2.22. The van der Waals surface area contributed by atoms with Crippen LogP contribution >= 0.6 is 0 Å². The van der Waals surface area contributed by atoms with Crippen molar-refractivity contribution in [3.8, 4) is 0 Å². The Hall–Kier alpha value is -2.04. The van der Waals surface area contributed by atoms with E-state index in [-0.39, 0.29) is 12.1 Å². The zero-order valence-corrected chi connectivity index (χ0v) is 10.2. The highest BCUT2D eigenvalue weighted by molar-refractivity contribution is 5.25. The predicted molar refractivity (Wildman–Crippen MR) is 66.0 cm³/mol. The van der Waals surface area contributed by atoms with Gasteiger partial charge in [-0.3, -0.25) is 4.79 Å². The zero-order valence-electron chi connectivity index (χ0n) is 10.2. The van der Waals surface area contributed by atoms with Crippen LogP contribution in [0.4, 0.5) is 13.2 Å². The molecule has 0 saturated heterocycles. The lowest BCUT2D eigenvalue weighted by Crippen LogP contribution is -2.19. The van der Waals surface area contributed by atoms with Crippen LogP contribution in [0.5, 0.6) is 0 Å². The molecular formula is C14H12F3NO. The number of benzene rings is 1. The van der Waals surface area contributed by atoms with E-state index in [4.69, 9.17) is 0 Å². The van der Waals surface area contributed by atoms with Crippen molar-refractivity contribution in [2.45, 2.75) is 19.6 Å². The second-order valence-corrected chi connectivity index (χ2v) is 4.36. The highest BCUT2D eigenvalue weighted by atomic mass is 19.4. The van der Waals surface area contributed by atoms with E-state index in [0.29, 0.717) is 5.56 Å². The average Bonchev–Trinajstić information content (AvgIpc) is 2.32. The van der Waals surface area contributed by atoms with Gasteiger partial charge in [-0.05, 0) is 36.2 Å². The molecule has 1 heterocycles. The predicted octanol–water partition coefficient (Wildman–Crippen LogP) is 3.22. The standard InChI is InChI=1S/C14H12F3NO/c1-10-6-7-18(13(19)8-10)9-11-2-4-12(5-3-11)14(15,16)17/h2-8H,9H2,1H3. The number of pyridine rings is 1. The lowest BCUT2D eigenvalue weighted by molar-refractivity contribution is -0.137. The van der Waals surface area contributed by atoms with Crippen LogP contribution in [0.3, 0.4) is 0 Å². The van der Waals surface area contributed by atoms with Gasteiger partial charge in [-0.1, -0.05) is 12.1 Å². The van der Waals surface area contributed by atoms with Crippen LogP contribution in [0.2, 0.25) is 0 Å². The van der Waals surface area contributed by atoms with Gasteiger partial charge in [-0.25, -0.2) is 0 Å². The van der Waals surface area contributed by atoms with Gasteiger partial charge in [0, 0.05) is 12.3 Å². The summed E-state index contributed by atoms with van der Waals surface area (Å²) in [6.45, 7) is 2.07. The summed E-state index contributed by atoms with van der Waals surface area (Å²) < 4.78 is 38.7. The third-order valence-corrected chi connectivity index (χ3v) is 2.79. The molecule has 0 radical (unpaired) electrons. The van der Waals surface area contributed by atoms with Gasteiger partial charge in [0.1, 0.15) is 0 Å². The zero-order chi connectivity index (χ0) is 14.0. The van der Waals surface area contributed by atoms with Gasteiger partial charge in [0.05, 0.1) is 12.1 Å². The molecule has 0 aliphatic heterocycles. The Labute approximate surface area is 108 Å². The second-order valence-electron chi connectivity index (χ2n) is 4.36. The molecule has 2 rings (SSSR count). The Morgan fingerprint density at radius 1 is 1.11 bits per heavy atom. The molecule has 0 atom stereocenters. The Bertz CT molecular complexity index is 626. The molecule has 0 unspecified atom stereocenters. The molecule has 0 saturated carbocycles. The number of aryl methyl sites for hydroxylation is 1. The summed E-state index contributed by atoms with van der Waals surface area (Å²) in [7, 11) is 0. The molecule has 0 aliphatic carbocycles. The molecule has 0 aliphatic rings. The molecule has 1 aromatic carbocycles. The molecule has 0 amide bonds. The summed E-state index contributed by atoms with van der Waals surface area (Å²) >= 11 is 0. The number of nitrogens with zero attached hydrogens (tertiary/aromatic N) is 1. The molecule has 100 valence electrons. The summed E-state index contributed by atoms with van der Waals surface area (Å²) in [6.07, 6.45) is -2.70. The van der Waals surface area contributed by atoms with Crippen molar-refractivity contribution in [3.05, 3.63) is 69.6 Å². The van der Waals surface area contributed by atoms with Crippen LogP contribution in [0.15, 0.2) is 47.4 Å². The minimum Gasteiger partial charge on any atom is -0.311 e. The number of aromatic nitrogens is 1. The van der Waals surface area contributed by atoms with Crippen LogP contribution in [-0.2, 0) is 12.7 Å². The second kappa shape index (κ2) is 4.91. The van der Waals surface area contributed by atoms with E-state index in [1.54, 1.807) is 12.3 Å². The van der Waals surface area contributed by atoms with Gasteiger partial charge < -0.3 is 4.57 Å². The third-order valence-electron chi connectivity index (χ3n) is 2.79. The largest absolute Gasteiger partial charge is 0.416 e. The quantitative estimate of drug-likeness (QED) is 0.818. The molecule has 0 spiro atoms. The molecule has 2 aromatic rings. The fourth-order valence-corrected chi connectivity index (χ4v) is 1.73. The van der Waals surface area contributed by atoms with Gasteiger partial charge in [-0.15, -0.1) is 0 Å². The molecule has 2 nitrogen and oxygen atoms in total. The summed E-state index contributed by atoms with van der Waals surface area (Å²) in [5.41, 5.74) is 0.653. The molecule has 0 fully saturated rings. The molecule has 19 heavy (non-hydrogen) atoms. The molecular weight excluding hydrogens is 255 g/mol. The minimum atomic E-state index is -4.33. The molecule has 0 bridgehead atoms. The fourth-order valence-electron chi connectivity index (χ4n) is 1.73. The summed E-state index contributed by atoms with van der Waals surface area (Å²) in [6, 6.07) is 8.09. The van der Waals surface area contributed by atoms with Crippen LogP contribution < -0.4 is 5.56 Å². The molecule has 5 heteroatoms.